The number of aryl methyl sites for hydroxylation is 1. The highest BCUT2D eigenvalue weighted by molar-refractivity contribution is 5.38. The molecule has 0 fully saturated rings. The zero-order valence-corrected chi connectivity index (χ0v) is 10.1. The van der Waals surface area contributed by atoms with Crippen molar-refractivity contribution in [2.24, 2.45) is 0 Å². The average Bonchev–Trinajstić information content (AvgIpc) is 2.75. The molecule has 4 heteroatoms. The predicted octanol–water partition coefficient (Wildman–Crippen LogP) is 2.11. The molecule has 4 nitrogen and oxygen atoms in total. The van der Waals surface area contributed by atoms with Crippen LogP contribution in [0, 0.1) is 6.92 Å². The summed E-state index contributed by atoms with van der Waals surface area (Å²) in [5, 5.41) is 8.94. The van der Waals surface area contributed by atoms with Crippen LogP contribution in [0.2, 0.25) is 0 Å². The van der Waals surface area contributed by atoms with Gasteiger partial charge in [0, 0.05) is 13.2 Å². The fourth-order valence-corrected chi connectivity index (χ4v) is 1.62. The number of pyridine rings is 1. The Morgan fingerprint density at radius 1 is 1.29 bits per heavy atom. The van der Waals surface area contributed by atoms with Gasteiger partial charge < -0.3 is 14.4 Å². The molecule has 1 N–H and O–H groups in total. The number of aliphatic hydroxyl groups excluding tert-OH is 1. The first-order valence-corrected chi connectivity index (χ1v) is 5.51. The average molecular weight is 232 g/mol. The van der Waals surface area contributed by atoms with Crippen molar-refractivity contribution in [1.82, 2.24) is 4.98 Å². The van der Waals surface area contributed by atoms with Gasteiger partial charge in [-0.2, -0.15) is 0 Å². The van der Waals surface area contributed by atoms with E-state index in [0.29, 0.717) is 6.54 Å². The molecular weight excluding hydrogens is 216 g/mol. The largest absolute Gasteiger partial charge is 0.464 e. The van der Waals surface area contributed by atoms with Crippen molar-refractivity contribution in [2.75, 3.05) is 11.9 Å². The zero-order valence-electron chi connectivity index (χ0n) is 10.1. The molecule has 0 aromatic carbocycles. The van der Waals surface area contributed by atoms with E-state index in [-0.39, 0.29) is 6.61 Å². The highest BCUT2D eigenvalue weighted by Gasteiger charge is 2.06. The van der Waals surface area contributed by atoms with Gasteiger partial charge in [0.15, 0.2) is 0 Å². The van der Waals surface area contributed by atoms with Crippen molar-refractivity contribution in [3.63, 3.8) is 0 Å². The first-order chi connectivity index (χ1) is 8.19. The number of rotatable bonds is 4. The van der Waals surface area contributed by atoms with Crippen LogP contribution in [0.25, 0.3) is 0 Å². The monoisotopic (exact) mass is 232 g/mol. The second-order valence-electron chi connectivity index (χ2n) is 4.05. The minimum Gasteiger partial charge on any atom is -0.464 e. The van der Waals surface area contributed by atoms with E-state index >= 15 is 0 Å². The van der Waals surface area contributed by atoms with Crippen LogP contribution < -0.4 is 4.90 Å². The third kappa shape index (κ3) is 2.85. The van der Waals surface area contributed by atoms with Crippen LogP contribution in [0.1, 0.15) is 17.1 Å². The molecule has 0 saturated carbocycles. The van der Waals surface area contributed by atoms with Crippen molar-refractivity contribution in [3.05, 3.63) is 47.5 Å². The molecule has 2 rings (SSSR count). The van der Waals surface area contributed by atoms with E-state index in [2.05, 4.69) is 4.98 Å². The smallest absolute Gasteiger partial charge is 0.128 e. The van der Waals surface area contributed by atoms with E-state index in [9.17, 15) is 0 Å². The van der Waals surface area contributed by atoms with Crippen molar-refractivity contribution >= 4 is 5.82 Å². The quantitative estimate of drug-likeness (QED) is 0.877. The van der Waals surface area contributed by atoms with Gasteiger partial charge in [0.1, 0.15) is 17.3 Å². The standard InChI is InChI=1S/C13H16N2O2/c1-10-3-5-12(17-10)8-15(2)13-6-4-11(9-16)7-14-13/h3-7,16H,8-9H2,1-2H3. The molecule has 0 radical (unpaired) electrons. The van der Waals surface area contributed by atoms with Crippen LogP contribution in [-0.4, -0.2) is 17.1 Å². The molecule has 0 aliphatic rings. The van der Waals surface area contributed by atoms with Crippen molar-refractivity contribution in [3.8, 4) is 0 Å². The highest BCUT2D eigenvalue weighted by atomic mass is 16.3. The summed E-state index contributed by atoms with van der Waals surface area (Å²) in [6.45, 7) is 2.63. The number of aliphatic hydroxyl groups is 1. The molecule has 2 heterocycles. The first-order valence-electron chi connectivity index (χ1n) is 5.51. The molecule has 0 spiro atoms. The summed E-state index contributed by atoms with van der Waals surface area (Å²) in [6.07, 6.45) is 1.68. The summed E-state index contributed by atoms with van der Waals surface area (Å²) in [5.41, 5.74) is 0.816. The van der Waals surface area contributed by atoms with Crippen molar-refractivity contribution in [1.29, 1.82) is 0 Å². The van der Waals surface area contributed by atoms with E-state index in [1.807, 2.05) is 43.1 Å². The molecule has 0 saturated heterocycles. The van der Waals surface area contributed by atoms with Gasteiger partial charge in [0.2, 0.25) is 0 Å². The zero-order chi connectivity index (χ0) is 12.3. The predicted molar refractivity (Wildman–Crippen MR) is 65.7 cm³/mol. The molecule has 17 heavy (non-hydrogen) atoms. The summed E-state index contributed by atoms with van der Waals surface area (Å²) in [7, 11) is 1.96. The van der Waals surface area contributed by atoms with E-state index in [1.54, 1.807) is 6.20 Å². The highest BCUT2D eigenvalue weighted by Crippen LogP contribution is 2.14. The molecule has 0 aliphatic carbocycles. The van der Waals surface area contributed by atoms with Gasteiger partial charge in [-0.1, -0.05) is 6.07 Å². The molecule has 0 aliphatic heterocycles. The molecule has 90 valence electrons. The number of nitrogens with zero attached hydrogens (tertiary/aromatic N) is 2. The maximum Gasteiger partial charge on any atom is 0.128 e. The van der Waals surface area contributed by atoms with Crippen LogP contribution in [0.15, 0.2) is 34.9 Å². The molecule has 2 aromatic rings. The van der Waals surface area contributed by atoms with Crippen LogP contribution in [-0.2, 0) is 13.2 Å². The molecular formula is C13H16N2O2. The van der Waals surface area contributed by atoms with Crippen LogP contribution in [0.4, 0.5) is 5.82 Å². The Hall–Kier alpha value is -1.81. The van der Waals surface area contributed by atoms with Crippen molar-refractivity contribution < 1.29 is 9.52 Å². The SMILES string of the molecule is Cc1ccc(CN(C)c2ccc(CO)cn2)o1. The Bertz CT molecular complexity index is 476. The van der Waals surface area contributed by atoms with Gasteiger partial charge >= 0.3 is 0 Å². The van der Waals surface area contributed by atoms with Gasteiger partial charge in [-0.3, -0.25) is 0 Å². The molecule has 0 amide bonds. The first kappa shape index (κ1) is 11.7. The summed E-state index contributed by atoms with van der Waals surface area (Å²) < 4.78 is 5.51. The summed E-state index contributed by atoms with van der Waals surface area (Å²) in [5.74, 6) is 2.69. The Morgan fingerprint density at radius 3 is 2.65 bits per heavy atom. The fourth-order valence-electron chi connectivity index (χ4n) is 1.62. The molecule has 2 aromatic heterocycles. The minimum absolute atomic E-state index is 0.0222. The minimum atomic E-state index is 0.0222. The normalized spacial score (nSPS) is 10.5. The summed E-state index contributed by atoms with van der Waals surface area (Å²) in [6, 6.07) is 7.67. The Balaban J connectivity index is 2.06. The third-order valence-electron chi connectivity index (χ3n) is 2.57. The van der Waals surface area contributed by atoms with E-state index in [0.717, 1.165) is 22.9 Å². The van der Waals surface area contributed by atoms with E-state index < -0.39 is 0 Å². The fraction of sp³-hybridized carbons (Fsp3) is 0.308. The van der Waals surface area contributed by atoms with E-state index in [1.165, 1.54) is 0 Å². The van der Waals surface area contributed by atoms with Gasteiger partial charge in [0.05, 0.1) is 13.2 Å². The molecule has 0 unspecified atom stereocenters. The number of anilines is 1. The van der Waals surface area contributed by atoms with Gasteiger partial charge in [0.25, 0.3) is 0 Å². The lowest BCUT2D eigenvalue weighted by Crippen LogP contribution is -2.17. The number of furan rings is 1. The van der Waals surface area contributed by atoms with Crippen LogP contribution in [0.3, 0.4) is 0 Å². The number of aromatic nitrogens is 1. The molecule has 0 bridgehead atoms. The maximum absolute atomic E-state index is 8.94. The Kier molecular flexibility index (Phi) is 3.44. The van der Waals surface area contributed by atoms with Gasteiger partial charge in [-0.15, -0.1) is 0 Å². The Morgan fingerprint density at radius 2 is 2.12 bits per heavy atom. The van der Waals surface area contributed by atoms with Crippen molar-refractivity contribution in [2.45, 2.75) is 20.1 Å². The lowest BCUT2D eigenvalue weighted by atomic mass is 10.3. The number of hydrogen-bond donors (Lipinski definition) is 1. The Labute approximate surface area is 101 Å². The second-order valence-corrected chi connectivity index (χ2v) is 4.05. The topological polar surface area (TPSA) is 49.5 Å². The molecule has 0 atom stereocenters. The third-order valence-corrected chi connectivity index (χ3v) is 2.57. The maximum atomic E-state index is 8.94. The summed E-state index contributed by atoms with van der Waals surface area (Å²) in [4.78, 5) is 6.28. The summed E-state index contributed by atoms with van der Waals surface area (Å²) >= 11 is 0. The van der Waals surface area contributed by atoms with Gasteiger partial charge in [-0.25, -0.2) is 4.98 Å². The second kappa shape index (κ2) is 5.01. The lowest BCUT2D eigenvalue weighted by Gasteiger charge is -2.16. The lowest BCUT2D eigenvalue weighted by molar-refractivity contribution is 0.281. The van der Waals surface area contributed by atoms with Crippen LogP contribution >= 0.6 is 0 Å². The number of hydrogen-bond acceptors (Lipinski definition) is 4. The van der Waals surface area contributed by atoms with Gasteiger partial charge in [-0.05, 0) is 30.7 Å². The van der Waals surface area contributed by atoms with E-state index in [4.69, 9.17) is 9.52 Å². The van der Waals surface area contributed by atoms with Crippen LogP contribution in [0.5, 0.6) is 0 Å².